The van der Waals surface area contributed by atoms with E-state index in [1.165, 1.54) is 12.8 Å². The zero-order chi connectivity index (χ0) is 16.4. The number of anilines is 2. The van der Waals surface area contributed by atoms with Gasteiger partial charge in [0.2, 0.25) is 0 Å². The number of ether oxygens (including phenoxy) is 1. The molecule has 5 heteroatoms. The standard InChI is InChI=1S/C18H22ClN3O/c1-23-11-13-4-6-14(7-5-13)15-8-9-16(18(20)17(15)19)22(21)10-12-2-3-12/h4-9,12H,2-3,10-11,20-21H2,1H3. The molecule has 0 bridgehead atoms. The van der Waals surface area contributed by atoms with Crippen LogP contribution < -0.4 is 16.6 Å². The first-order valence-corrected chi connectivity index (χ1v) is 8.16. The molecule has 0 atom stereocenters. The lowest BCUT2D eigenvalue weighted by molar-refractivity contribution is 0.185. The molecule has 2 aromatic carbocycles. The Hall–Kier alpha value is -1.75. The lowest BCUT2D eigenvalue weighted by Gasteiger charge is -2.22. The molecule has 2 aromatic rings. The summed E-state index contributed by atoms with van der Waals surface area (Å²) >= 11 is 6.50. The molecular formula is C18H22ClN3O. The van der Waals surface area contributed by atoms with E-state index < -0.39 is 0 Å². The molecule has 1 aliphatic rings. The minimum Gasteiger partial charge on any atom is -0.396 e. The highest BCUT2D eigenvalue weighted by molar-refractivity contribution is 6.36. The number of hydrogen-bond acceptors (Lipinski definition) is 4. The SMILES string of the molecule is COCc1ccc(-c2ccc(N(N)CC3CC3)c(N)c2Cl)cc1. The van der Waals surface area contributed by atoms with E-state index in [0.717, 1.165) is 28.9 Å². The number of benzene rings is 2. The maximum Gasteiger partial charge on any atom is 0.0762 e. The van der Waals surface area contributed by atoms with Gasteiger partial charge in [0.15, 0.2) is 0 Å². The molecule has 0 aromatic heterocycles. The van der Waals surface area contributed by atoms with Crippen LogP contribution in [0.15, 0.2) is 36.4 Å². The molecule has 0 heterocycles. The second-order valence-electron chi connectivity index (χ2n) is 6.09. The second kappa shape index (κ2) is 6.79. The first-order valence-electron chi connectivity index (χ1n) is 7.78. The van der Waals surface area contributed by atoms with Gasteiger partial charge in [-0.2, -0.15) is 0 Å². The molecule has 0 radical (unpaired) electrons. The highest BCUT2D eigenvalue weighted by Crippen LogP contribution is 2.39. The van der Waals surface area contributed by atoms with Crippen LogP contribution in [-0.2, 0) is 11.3 Å². The molecule has 0 aliphatic heterocycles. The van der Waals surface area contributed by atoms with Gasteiger partial charge in [-0.25, -0.2) is 5.84 Å². The van der Waals surface area contributed by atoms with E-state index in [2.05, 4.69) is 0 Å². The van der Waals surface area contributed by atoms with E-state index in [4.69, 9.17) is 27.9 Å². The summed E-state index contributed by atoms with van der Waals surface area (Å²) < 4.78 is 5.13. The molecule has 0 spiro atoms. The van der Waals surface area contributed by atoms with Gasteiger partial charge in [-0.05, 0) is 36.0 Å². The van der Waals surface area contributed by atoms with Gasteiger partial charge in [0.1, 0.15) is 0 Å². The van der Waals surface area contributed by atoms with E-state index >= 15 is 0 Å². The van der Waals surface area contributed by atoms with Gasteiger partial charge in [-0.1, -0.05) is 41.9 Å². The van der Waals surface area contributed by atoms with Crippen LogP contribution in [0, 0.1) is 5.92 Å². The normalized spacial score (nSPS) is 14.0. The zero-order valence-corrected chi connectivity index (χ0v) is 14.0. The Morgan fingerprint density at radius 1 is 1.17 bits per heavy atom. The topological polar surface area (TPSA) is 64.5 Å². The minimum absolute atomic E-state index is 0.535. The van der Waals surface area contributed by atoms with Crippen molar-refractivity contribution in [1.82, 2.24) is 0 Å². The van der Waals surface area contributed by atoms with Gasteiger partial charge in [0, 0.05) is 19.2 Å². The molecule has 4 nitrogen and oxygen atoms in total. The second-order valence-corrected chi connectivity index (χ2v) is 6.46. The van der Waals surface area contributed by atoms with Gasteiger partial charge < -0.3 is 15.5 Å². The Kier molecular flexibility index (Phi) is 4.76. The highest BCUT2D eigenvalue weighted by atomic mass is 35.5. The van der Waals surface area contributed by atoms with Gasteiger partial charge >= 0.3 is 0 Å². The summed E-state index contributed by atoms with van der Waals surface area (Å²) in [7, 11) is 1.68. The van der Waals surface area contributed by atoms with Crippen molar-refractivity contribution in [1.29, 1.82) is 0 Å². The van der Waals surface area contributed by atoms with Crippen LogP contribution in [0.25, 0.3) is 11.1 Å². The van der Waals surface area contributed by atoms with Gasteiger partial charge in [-0.15, -0.1) is 0 Å². The summed E-state index contributed by atoms with van der Waals surface area (Å²) in [6, 6.07) is 12.0. The van der Waals surface area contributed by atoms with Crippen molar-refractivity contribution in [2.24, 2.45) is 11.8 Å². The van der Waals surface area contributed by atoms with Crippen molar-refractivity contribution >= 4 is 23.0 Å². The molecule has 0 saturated heterocycles. The van der Waals surface area contributed by atoms with E-state index in [-0.39, 0.29) is 0 Å². The van der Waals surface area contributed by atoms with Crippen molar-refractivity contribution in [3.63, 3.8) is 0 Å². The van der Waals surface area contributed by atoms with Crippen molar-refractivity contribution in [3.8, 4) is 11.1 Å². The fraction of sp³-hybridized carbons (Fsp3) is 0.333. The van der Waals surface area contributed by atoms with Crippen molar-refractivity contribution < 1.29 is 4.74 Å². The fourth-order valence-corrected chi connectivity index (χ4v) is 2.95. The van der Waals surface area contributed by atoms with E-state index in [1.807, 2.05) is 36.4 Å². The lowest BCUT2D eigenvalue weighted by atomic mass is 10.0. The molecule has 1 saturated carbocycles. The summed E-state index contributed by atoms with van der Waals surface area (Å²) in [5.74, 6) is 6.81. The maximum absolute atomic E-state index is 6.50. The Balaban J connectivity index is 1.86. The quantitative estimate of drug-likeness (QED) is 0.480. The summed E-state index contributed by atoms with van der Waals surface area (Å²) in [5, 5.41) is 2.26. The number of hydrazine groups is 1. The average Bonchev–Trinajstić information content (AvgIpc) is 3.35. The summed E-state index contributed by atoms with van der Waals surface area (Å²) in [6.07, 6.45) is 2.49. The predicted molar refractivity (Wildman–Crippen MR) is 96.3 cm³/mol. The Morgan fingerprint density at radius 2 is 1.87 bits per heavy atom. The monoisotopic (exact) mass is 331 g/mol. The Morgan fingerprint density at radius 3 is 2.48 bits per heavy atom. The van der Waals surface area contributed by atoms with Crippen LogP contribution in [-0.4, -0.2) is 13.7 Å². The van der Waals surface area contributed by atoms with Crippen LogP contribution in [0.5, 0.6) is 0 Å². The van der Waals surface area contributed by atoms with E-state index in [1.54, 1.807) is 12.1 Å². The molecule has 4 N–H and O–H groups in total. The molecule has 0 unspecified atom stereocenters. The Bertz CT molecular complexity index is 683. The fourth-order valence-electron chi connectivity index (χ4n) is 2.68. The highest BCUT2D eigenvalue weighted by Gasteiger charge is 2.24. The van der Waals surface area contributed by atoms with E-state index in [0.29, 0.717) is 23.2 Å². The van der Waals surface area contributed by atoms with Gasteiger partial charge in [0.05, 0.1) is 23.0 Å². The van der Waals surface area contributed by atoms with Gasteiger partial charge in [-0.3, -0.25) is 0 Å². The van der Waals surface area contributed by atoms with Crippen LogP contribution in [0.1, 0.15) is 18.4 Å². The molecule has 1 aliphatic carbocycles. The number of rotatable bonds is 6. The first kappa shape index (κ1) is 16.1. The van der Waals surface area contributed by atoms with Gasteiger partial charge in [0.25, 0.3) is 0 Å². The smallest absolute Gasteiger partial charge is 0.0762 e. The summed E-state index contributed by atoms with van der Waals surface area (Å²) in [5.41, 5.74) is 10.6. The number of nitrogen functional groups attached to an aromatic ring is 1. The van der Waals surface area contributed by atoms with Crippen LogP contribution in [0.2, 0.25) is 5.02 Å². The third-order valence-electron chi connectivity index (χ3n) is 4.19. The molecule has 1 fully saturated rings. The van der Waals surface area contributed by atoms with Crippen molar-refractivity contribution in [2.75, 3.05) is 24.4 Å². The summed E-state index contributed by atoms with van der Waals surface area (Å²) in [4.78, 5) is 0. The number of nitrogens with zero attached hydrogens (tertiary/aromatic N) is 1. The zero-order valence-electron chi connectivity index (χ0n) is 13.3. The largest absolute Gasteiger partial charge is 0.396 e. The average molecular weight is 332 g/mol. The minimum atomic E-state index is 0.535. The third-order valence-corrected chi connectivity index (χ3v) is 4.60. The van der Waals surface area contributed by atoms with Crippen LogP contribution >= 0.6 is 11.6 Å². The van der Waals surface area contributed by atoms with Crippen LogP contribution in [0.4, 0.5) is 11.4 Å². The molecule has 0 amide bonds. The molecule has 122 valence electrons. The number of methoxy groups -OCH3 is 1. The molecular weight excluding hydrogens is 310 g/mol. The summed E-state index contributed by atoms with van der Waals surface area (Å²) in [6.45, 7) is 1.42. The number of halogens is 1. The first-order chi connectivity index (χ1) is 11.1. The van der Waals surface area contributed by atoms with Crippen molar-refractivity contribution in [3.05, 3.63) is 47.0 Å². The van der Waals surface area contributed by atoms with Crippen LogP contribution in [0.3, 0.4) is 0 Å². The number of hydrogen-bond donors (Lipinski definition) is 2. The van der Waals surface area contributed by atoms with Crippen molar-refractivity contribution in [2.45, 2.75) is 19.4 Å². The van der Waals surface area contributed by atoms with E-state index in [9.17, 15) is 0 Å². The molecule has 3 rings (SSSR count). The molecule has 23 heavy (non-hydrogen) atoms. The Labute approximate surface area is 141 Å². The third kappa shape index (κ3) is 3.61. The number of nitrogens with two attached hydrogens (primary N) is 2. The predicted octanol–water partition coefficient (Wildman–Crippen LogP) is 3.83. The lowest BCUT2D eigenvalue weighted by Crippen LogP contribution is -2.33. The maximum atomic E-state index is 6.50.